The quantitative estimate of drug-likeness (QED) is 0.0511. The van der Waals surface area contributed by atoms with Gasteiger partial charge in [-0.25, -0.2) is 0 Å². The molecular formula is C12H38N4O15Pd2Si6. The Kier molecular flexibility index (Phi) is 18.2. The summed E-state index contributed by atoms with van der Waals surface area (Å²) in [6, 6.07) is -0.511. The normalized spacial score (nSPS) is 32.5. The molecule has 2 aliphatic rings. The molecule has 2 unspecified atom stereocenters. The molecule has 2 atom stereocenters. The van der Waals surface area contributed by atoms with Gasteiger partial charge < -0.3 is 88.5 Å². The van der Waals surface area contributed by atoms with E-state index in [1.54, 1.807) is 0 Å². The predicted octanol–water partition coefficient (Wildman–Crippen LogP) is -6.13. The Morgan fingerprint density at radius 2 is 1.31 bits per heavy atom. The number of hydrogen-bond acceptors (Lipinski definition) is 19. The fraction of sp³-hybridized carbons (Fsp3) is 1.00. The van der Waals surface area contributed by atoms with Crippen molar-refractivity contribution in [2.24, 2.45) is 11.5 Å². The maximum Gasteiger partial charge on any atom is 0.665 e. The average Bonchev–Trinajstić information content (AvgIpc) is 2.75. The van der Waals surface area contributed by atoms with Crippen molar-refractivity contribution in [2.75, 3.05) is 53.5 Å². The molecule has 19 nitrogen and oxygen atoms in total. The van der Waals surface area contributed by atoms with Crippen LogP contribution in [0.5, 0.6) is 0 Å². The molecule has 0 aromatic heterocycles. The number of hydrogen-bond donors (Lipinski definition) is 10. The van der Waals surface area contributed by atoms with E-state index in [2.05, 4.69) is 10.6 Å². The van der Waals surface area contributed by atoms with Crippen molar-refractivity contribution in [3.8, 4) is 0 Å². The first-order valence-corrected chi connectivity index (χ1v) is 22.0. The van der Waals surface area contributed by atoms with Gasteiger partial charge in [-0.2, -0.15) is 0 Å². The molecule has 0 bridgehead atoms. The number of rotatable bonds is 16. The van der Waals surface area contributed by atoms with Crippen molar-refractivity contribution in [2.45, 2.75) is 24.9 Å². The molecule has 0 aromatic rings. The molecule has 2 heterocycles. The van der Waals surface area contributed by atoms with Gasteiger partial charge in [0.15, 0.2) is 0 Å². The van der Waals surface area contributed by atoms with Crippen LogP contribution in [0, 0.1) is 0 Å². The smallest absolute Gasteiger partial charge is 0.391 e. The number of nitrogens with two attached hydrogens (primary N) is 2. The zero-order chi connectivity index (χ0) is 27.8. The molecule has 2 rings (SSSR count). The summed E-state index contributed by atoms with van der Waals surface area (Å²) < 4.78 is 47.4. The van der Waals surface area contributed by atoms with Crippen LogP contribution in [0.4, 0.5) is 0 Å². The van der Waals surface area contributed by atoms with Crippen LogP contribution in [-0.2, 0) is 78.5 Å². The Labute approximate surface area is 260 Å². The van der Waals surface area contributed by atoms with E-state index in [0.29, 0.717) is 39.3 Å². The summed E-state index contributed by atoms with van der Waals surface area (Å²) in [6.07, 6.45) is 0.465. The van der Waals surface area contributed by atoms with Crippen molar-refractivity contribution >= 4 is 53.8 Å². The largest absolute Gasteiger partial charge is 0.665 e. The molecule has 0 saturated carbocycles. The SMILES string of the molecule is CO[Si]1(O)O[Si]2(O[Si](O)(CCCNCCN)O[Si](O)(O)O[Si](OC)(O[Si](O)(O)CCCNCCN)O2)O1.[Pd].[Pd]. The Balaban J connectivity index is 0.00000722. The van der Waals surface area contributed by atoms with Crippen molar-refractivity contribution in [3.63, 3.8) is 0 Å². The summed E-state index contributed by atoms with van der Waals surface area (Å²) in [5.41, 5.74) is 10.8. The van der Waals surface area contributed by atoms with E-state index in [1.165, 1.54) is 0 Å². The molecule has 2 saturated heterocycles. The standard InChI is InChI=1S/C12H38N4O15Si6.2Pd/c1-23-35(22)29-37(30-35)27-33(19,12-4-8-16-10-6-14)26-34(20,21)28-36(24-2,31-37)25-32(17,18)11-3-7-15-9-5-13;;/h15-22H,3-14H2,1-2H3;;. The molecule has 0 aromatic carbocycles. The Hall–Kier alpha value is 1.87. The van der Waals surface area contributed by atoms with E-state index in [4.69, 9.17) is 49.1 Å². The maximum atomic E-state index is 11.1. The molecule has 2 aliphatic heterocycles. The second kappa shape index (κ2) is 17.4. The van der Waals surface area contributed by atoms with Crippen LogP contribution in [0.15, 0.2) is 0 Å². The van der Waals surface area contributed by atoms with Crippen LogP contribution >= 0.6 is 0 Å². The minimum Gasteiger partial charge on any atom is -0.391 e. The van der Waals surface area contributed by atoms with E-state index in [-0.39, 0.29) is 65.8 Å². The van der Waals surface area contributed by atoms with E-state index in [0.717, 1.165) is 14.2 Å². The fourth-order valence-corrected chi connectivity index (χ4v) is 22.7. The molecule has 27 heteroatoms. The molecule has 0 amide bonds. The van der Waals surface area contributed by atoms with Gasteiger partial charge in [-0.1, -0.05) is 0 Å². The van der Waals surface area contributed by atoms with Gasteiger partial charge in [0.25, 0.3) is 0 Å². The van der Waals surface area contributed by atoms with Gasteiger partial charge in [-0.15, -0.1) is 0 Å². The minimum absolute atomic E-state index is 0. The summed E-state index contributed by atoms with van der Waals surface area (Å²) in [7, 11) is -26.4. The first-order valence-electron chi connectivity index (χ1n) is 11.4. The third-order valence-corrected chi connectivity index (χ3v) is 22.8. The summed E-state index contributed by atoms with van der Waals surface area (Å²) in [5.74, 6) is 0. The van der Waals surface area contributed by atoms with Crippen LogP contribution in [-0.4, -0.2) is 136 Å². The third kappa shape index (κ3) is 13.2. The van der Waals surface area contributed by atoms with Gasteiger partial charge in [0.05, 0.1) is 0 Å². The van der Waals surface area contributed by atoms with Crippen LogP contribution in [0.1, 0.15) is 12.8 Å². The van der Waals surface area contributed by atoms with Crippen LogP contribution in [0.25, 0.3) is 0 Å². The maximum absolute atomic E-state index is 11.1. The molecule has 2 fully saturated rings. The van der Waals surface area contributed by atoms with Crippen LogP contribution in [0.3, 0.4) is 0 Å². The average molecular weight is 860 g/mol. The van der Waals surface area contributed by atoms with Crippen molar-refractivity contribution in [1.29, 1.82) is 0 Å². The molecular weight excluding hydrogens is 822 g/mol. The van der Waals surface area contributed by atoms with Crippen LogP contribution < -0.4 is 22.1 Å². The zero-order valence-electron chi connectivity index (χ0n) is 21.2. The summed E-state index contributed by atoms with van der Waals surface area (Å²) in [6.45, 7) is 2.52. The molecule has 0 radical (unpaired) electrons. The first-order chi connectivity index (χ1) is 17.2. The molecule has 0 aliphatic carbocycles. The Morgan fingerprint density at radius 3 is 1.82 bits per heavy atom. The first kappa shape index (κ1) is 40.9. The van der Waals surface area contributed by atoms with Gasteiger partial charge in [0.2, 0.25) is 0 Å². The van der Waals surface area contributed by atoms with Crippen molar-refractivity contribution < 1.29 is 107 Å². The second-order valence-corrected chi connectivity index (χ2v) is 22.5. The van der Waals surface area contributed by atoms with E-state index in [9.17, 15) is 28.8 Å². The van der Waals surface area contributed by atoms with Gasteiger partial charge in [0, 0.05) is 93.3 Å². The van der Waals surface area contributed by atoms with Crippen molar-refractivity contribution in [3.05, 3.63) is 0 Å². The topological polar surface area (TPSA) is 281 Å². The Morgan fingerprint density at radius 1 is 0.744 bits per heavy atom. The summed E-state index contributed by atoms with van der Waals surface area (Å²) >= 11 is 0. The van der Waals surface area contributed by atoms with E-state index >= 15 is 0 Å². The van der Waals surface area contributed by atoms with Gasteiger partial charge in [-0.05, 0) is 25.9 Å². The third-order valence-electron chi connectivity index (χ3n) is 4.73. The van der Waals surface area contributed by atoms with Gasteiger partial charge in [0.1, 0.15) is 0 Å². The minimum atomic E-state index is -5.35. The van der Waals surface area contributed by atoms with E-state index in [1.807, 2.05) is 0 Å². The molecule has 240 valence electrons. The fourth-order valence-electron chi connectivity index (χ4n) is 3.15. The molecule has 1 spiro atoms. The van der Waals surface area contributed by atoms with E-state index < -0.39 is 53.8 Å². The zero-order valence-corrected chi connectivity index (χ0v) is 30.3. The monoisotopic (exact) mass is 858 g/mol. The van der Waals surface area contributed by atoms with Crippen LogP contribution in [0.2, 0.25) is 12.1 Å². The summed E-state index contributed by atoms with van der Waals surface area (Å²) in [5, 5.41) is 5.96. The summed E-state index contributed by atoms with van der Waals surface area (Å²) in [4.78, 5) is 63.4. The molecule has 39 heavy (non-hydrogen) atoms. The predicted molar refractivity (Wildman–Crippen MR) is 132 cm³/mol. The Bertz CT molecular complexity index is 726. The van der Waals surface area contributed by atoms with Crippen molar-refractivity contribution in [1.82, 2.24) is 10.6 Å². The number of nitrogens with one attached hydrogen (secondary N) is 2. The van der Waals surface area contributed by atoms with Gasteiger partial charge >= 0.3 is 53.8 Å². The van der Waals surface area contributed by atoms with Gasteiger partial charge in [-0.3, -0.25) is 0 Å². The molecule has 12 N–H and O–H groups in total. The second-order valence-electron chi connectivity index (χ2n) is 7.94.